The topological polar surface area (TPSA) is 20.2 Å². The van der Waals surface area contributed by atoms with E-state index in [0.717, 1.165) is 42.5 Å². The Balaban J connectivity index is 2.03. The molecule has 108 valence electrons. The van der Waals surface area contributed by atoms with Crippen LogP contribution in [0.25, 0.3) is 0 Å². The number of thiophene rings is 1. The predicted octanol–water partition coefficient (Wildman–Crippen LogP) is 5.41. The Morgan fingerprint density at radius 1 is 1.37 bits per heavy atom. The molecule has 0 aliphatic heterocycles. The molecule has 1 aromatic heterocycles. The summed E-state index contributed by atoms with van der Waals surface area (Å²) in [5, 5.41) is 13.0. The van der Waals surface area contributed by atoms with Gasteiger partial charge in [-0.2, -0.15) is 0 Å². The van der Waals surface area contributed by atoms with Gasteiger partial charge in [0, 0.05) is 15.8 Å². The summed E-state index contributed by atoms with van der Waals surface area (Å²) in [5.74, 6) is 0.744. The van der Waals surface area contributed by atoms with Gasteiger partial charge in [-0.3, -0.25) is 0 Å². The van der Waals surface area contributed by atoms with Crippen molar-refractivity contribution >= 4 is 27.3 Å². The monoisotopic (exact) mass is 344 g/mol. The number of hydrogen-bond donors (Lipinski definition) is 1. The Morgan fingerprint density at radius 3 is 2.68 bits per heavy atom. The van der Waals surface area contributed by atoms with E-state index >= 15 is 0 Å². The van der Waals surface area contributed by atoms with Gasteiger partial charge in [0.05, 0.1) is 5.60 Å². The summed E-state index contributed by atoms with van der Waals surface area (Å²) in [5.41, 5.74) is -0.123. The molecule has 1 fully saturated rings. The highest BCUT2D eigenvalue weighted by Crippen LogP contribution is 2.41. The fourth-order valence-corrected chi connectivity index (χ4v) is 4.81. The van der Waals surface area contributed by atoms with Gasteiger partial charge in [-0.05, 0) is 64.4 Å². The Labute approximate surface area is 129 Å². The van der Waals surface area contributed by atoms with Crippen LogP contribution in [0, 0.1) is 11.3 Å². The third kappa shape index (κ3) is 4.05. The Hall–Kier alpha value is 0.140. The van der Waals surface area contributed by atoms with Crippen LogP contribution in [0.3, 0.4) is 0 Å². The summed E-state index contributed by atoms with van der Waals surface area (Å²) in [6, 6.07) is 2.08. The molecule has 2 atom stereocenters. The van der Waals surface area contributed by atoms with Gasteiger partial charge >= 0.3 is 0 Å². The molecule has 2 rings (SSSR count). The summed E-state index contributed by atoms with van der Waals surface area (Å²) < 4.78 is 1.16. The van der Waals surface area contributed by atoms with Crippen LogP contribution in [-0.2, 0) is 6.42 Å². The fraction of sp³-hybridized carbons (Fsp3) is 0.750. The third-order valence-corrected chi connectivity index (χ3v) is 6.48. The summed E-state index contributed by atoms with van der Waals surface area (Å²) >= 11 is 5.33. The highest BCUT2D eigenvalue weighted by atomic mass is 79.9. The van der Waals surface area contributed by atoms with Crippen molar-refractivity contribution in [1.82, 2.24) is 0 Å². The van der Waals surface area contributed by atoms with E-state index in [1.54, 1.807) is 11.3 Å². The molecule has 0 spiro atoms. The molecule has 0 radical (unpaired) electrons. The molecule has 1 aliphatic rings. The lowest BCUT2D eigenvalue weighted by atomic mass is 9.76. The van der Waals surface area contributed by atoms with Gasteiger partial charge in [0.15, 0.2) is 0 Å². The molecule has 1 aromatic rings. The largest absolute Gasteiger partial charge is 0.390 e. The minimum atomic E-state index is -0.493. The molecule has 1 heterocycles. The Kier molecular flexibility index (Phi) is 4.79. The number of halogens is 1. The summed E-state index contributed by atoms with van der Waals surface area (Å²) in [4.78, 5) is 1.29. The normalized spacial score (nSPS) is 29.2. The SMILES string of the molecule is CC(C)(C)C1CCCC(O)(Cc2sccc2Br)CC1. The number of rotatable bonds is 2. The molecule has 1 saturated carbocycles. The van der Waals surface area contributed by atoms with Crippen LogP contribution in [0.15, 0.2) is 15.9 Å². The molecule has 1 aliphatic carbocycles. The van der Waals surface area contributed by atoms with Crippen molar-refractivity contribution in [2.75, 3.05) is 0 Å². The molecular weight excluding hydrogens is 320 g/mol. The van der Waals surface area contributed by atoms with Gasteiger partial charge in [0.2, 0.25) is 0 Å². The summed E-state index contributed by atoms with van der Waals surface area (Å²) in [6.07, 6.45) is 6.27. The maximum Gasteiger partial charge on any atom is 0.0696 e. The molecule has 0 saturated heterocycles. The van der Waals surface area contributed by atoms with Crippen LogP contribution < -0.4 is 0 Å². The standard InChI is InChI=1S/C16H25BrOS/c1-15(2,3)12-5-4-8-16(18,9-6-12)11-14-13(17)7-10-19-14/h7,10,12,18H,4-6,8-9,11H2,1-3H3. The predicted molar refractivity (Wildman–Crippen MR) is 86.7 cm³/mol. The molecule has 19 heavy (non-hydrogen) atoms. The van der Waals surface area contributed by atoms with E-state index in [0.29, 0.717) is 5.41 Å². The zero-order valence-electron chi connectivity index (χ0n) is 12.2. The summed E-state index contributed by atoms with van der Waals surface area (Å²) in [7, 11) is 0. The van der Waals surface area contributed by atoms with Gasteiger partial charge in [-0.25, -0.2) is 0 Å². The molecule has 0 bridgehead atoms. The van der Waals surface area contributed by atoms with Crippen molar-refractivity contribution in [1.29, 1.82) is 0 Å². The van der Waals surface area contributed by atoms with Crippen molar-refractivity contribution in [3.63, 3.8) is 0 Å². The van der Waals surface area contributed by atoms with E-state index in [1.807, 2.05) is 0 Å². The maximum absolute atomic E-state index is 10.9. The van der Waals surface area contributed by atoms with Crippen LogP contribution in [0.2, 0.25) is 0 Å². The van der Waals surface area contributed by atoms with Crippen LogP contribution in [-0.4, -0.2) is 10.7 Å². The smallest absolute Gasteiger partial charge is 0.0696 e. The van der Waals surface area contributed by atoms with Gasteiger partial charge in [0.1, 0.15) is 0 Å². The second kappa shape index (κ2) is 5.87. The quantitative estimate of drug-likeness (QED) is 0.711. The van der Waals surface area contributed by atoms with E-state index in [9.17, 15) is 5.11 Å². The van der Waals surface area contributed by atoms with Crippen molar-refractivity contribution in [2.45, 2.75) is 64.9 Å². The molecular formula is C16H25BrOS. The summed E-state index contributed by atoms with van der Waals surface area (Å²) in [6.45, 7) is 6.99. The highest BCUT2D eigenvalue weighted by molar-refractivity contribution is 9.10. The van der Waals surface area contributed by atoms with E-state index in [-0.39, 0.29) is 0 Å². The van der Waals surface area contributed by atoms with Crippen LogP contribution in [0.5, 0.6) is 0 Å². The highest BCUT2D eigenvalue weighted by Gasteiger charge is 2.35. The Bertz CT molecular complexity index is 421. The van der Waals surface area contributed by atoms with Crippen LogP contribution >= 0.6 is 27.3 Å². The van der Waals surface area contributed by atoms with Gasteiger partial charge < -0.3 is 5.11 Å². The first-order valence-corrected chi connectivity index (χ1v) is 8.92. The Morgan fingerprint density at radius 2 is 2.11 bits per heavy atom. The van der Waals surface area contributed by atoms with Crippen molar-refractivity contribution in [3.05, 3.63) is 20.8 Å². The lowest BCUT2D eigenvalue weighted by molar-refractivity contribution is 0.0231. The van der Waals surface area contributed by atoms with Gasteiger partial charge in [-0.1, -0.05) is 27.2 Å². The molecule has 1 N–H and O–H groups in total. The van der Waals surface area contributed by atoms with E-state index in [1.165, 1.54) is 11.3 Å². The zero-order valence-corrected chi connectivity index (χ0v) is 14.6. The zero-order chi connectivity index (χ0) is 14.1. The van der Waals surface area contributed by atoms with Crippen molar-refractivity contribution in [2.24, 2.45) is 11.3 Å². The van der Waals surface area contributed by atoms with Gasteiger partial charge in [-0.15, -0.1) is 11.3 Å². The van der Waals surface area contributed by atoms with Crippen molar-refractivity contribution < 1.29 is 5.11 Å². The molecule has 0 amide bonds. The van der Waals surface area contributed by atoms with Crippen LogP contribution in [0.4, 0.5) is 0 Å². The van der Waals surface area contributed by atoms with Crippen LogP contribution in [0.1, 0.15) is 57.8 Å². The average molecular weight is 345 g/mol. The average Bonchev–Trinajstić information content (AvgIpc) is 2.58. The number of hydrogen-bond acceptors (Lipinski definition) is 2. The lowest BCUT2D eigenvalue weighted by Gasteiger charge is -2.31. The fourth-order valence-electron chi connectivity index (χ4n) is 3.18. The second-order valence-electron chi connectivity index (χ2n) is 7.09. The maximum atomic E-state index is 10.9. The first-order chi connectivity index (χ1) is 8.80. The van der Waals surface area contributed by atoms with Gasteiger partial charge in [0.25, 0.3) is 0 Å². The first kappa shape index (κ1) is 15.5. The minimum Gasteiger partial charge on any atom is -0.390 e. The third-order valence-electron chi connectivity index (χ3n) is 4.56. The first-order valence-electron chi connectivity index (χ1n) is 7.24. The molecule has 2 unspecified atom stereocenters. The minimum absolute atomic E-state index is 0.370. The van der Waals surface area contributed by atoms with E-state index in [2.05, 4.69) is 48.1 Å². The lowest BCUT2D eigenvalue weighted by Crippen LogP contribution is -2.31. The number of aliphatic hydroxyl groups is 1. The van der Waals surface area contributed by atoms with E-state index in [4.69, 9.17) is 0 Å². The van der Waals surface area contributed by atoms with E-state index < -0.39 is 5.60 Å². The van der Waals surface area contributed by atoms with Crippen molar-refractivity contribution in [3.8, 4) is 0 Å². The second-order valence-corrected chi connectivity index (χ2v) is 8.94. The molecule has 1 nitrogen and oxygen atoms in total. The molecule has 0 aromatic carbocycles. The molecule has 3 heteroatoms.